The van der Waals surface area contributed by atoms with Crippen molar-refractivity contribution in [2.45, 2.75) is 44.8 Å². The van der Waals surface area contributed by atoms with Gasteiger partial charge in [-0.05, 0) is 25.9 Å². The third-order valence-corrected chi connectivity index (χ3v) is 4.26. The number of nitrogens with one attached hydrogen (secondary N) is 1. The summed E-state index contributed by atoms with van der Waals surface area (Å²) in [6, 6.07) is 0.555. The fourth-order valence-electron chi connectivity index (χ4n) is 2.81. The van der Waals surface area contributed by atoms with E-state index in [1.165, 1.54) is 25.7 Å². The van der Waals surface area contributed by atoms with Gasteiger partial charge in [0.05, 0.1) is 12.7 Å². The van der Waals surface area contributed by atoms with Crippen LogP contribution < -0.4 is 5.32 Å². The molecule has 1 aliphatic carbocycles. The molecule has 1 heterocycles. The minimum absolute atomic E-state index is 0.402. The summed E-state index contributed by atoms with van der Waals surface area (Å²) in [5, 5.41) is 3.46. The highest BCUT2D eigenvalue weighted by molar-refractivity contribution is 4.85. The number of ether oxygens (including phenoxy) is 1. The van der Waals surface area contributed by atoms with Crippen molar-refractivity contribution in [3.63, 3.8) is 0 Å². The van der Waals surface area contributed by atoms with Gasteiger partial charge in [0.2, 0.25) is 0 Å². The molecule has 2 fully saturated rings. The standard InChI is InChI=1S/C13H26N2O/c1-3-15-7-8-16-13(10-15)12(14-2)9-11-5-4-6-11/h11-14H,3-10H2,1-2H3. The molecule has 16 heavy (non-hydrogen) atoms. The maximum atomic E-state index is 5.93. The molecule has 1 N–H and O–H groups in total. The first kappa shape index (κ1) is 12.3. The van der Waals surface area contributed by atoms with E-state index in [2.05, 4.69) is 24.2 Å². The lowest BCUT2D eigenvalue weighted by molar-refractivity contribution is -0.0490. The normalized spacial score (nSPS) is 30.0. The predicted molar refractivity (Wildman–Crippen MR) is 66.7 cm³/mol. The SMILES string of the molecule is CCN1CCOC(C(CC2CCC2)NC)C1. The van der Waals surface area contributed by atoms with Crippen LogP contribution in [0.3, 0.4) is 0 Å². The van der Waals surface area contributed by atoms with Gasteiger partial charge in [0.25, 0.3) is 0 Å². The summed E-state index contributed by atoms with van der Waals surface area (Å²) >= 11 is 0. The maximum absolute atomic E-state index is 5.93. The summed E-state index contributed by atoms with van der Waals surface area (Å²) < 4.78 is 5.93. The molecule has 1 saturated heterocycles. The van der Waals surface area contributed by atoms with Crippen LogP contribution >= 0.6 is 0 Å². The van der Waals surface area contributed by atoms with Crippen LogP contribution in [0.25, 0.3) is 0 Å². The van der Waals surface area contributed by atoms with Crippen molar-refractivity contribution >= 4 is 0 Å². The largest absolute Gasteiger partial charge is 0.374 e. The van der Waals surface area contributed by atoms with E-state index in [0.29, 0.717) is 12.1 Å². The Hall–Kier alpha value is -0.120. The van der Waals surface area contributed by atoms with Crippen LogP contribution in [0, 0.1) is 5.92 Å². The lowest BCUT2D eigenvalue weighted by Crippen LogP contribution is -2.52. The van der Waals surface area contributed by atoms with Gasteiger partial charge in [0, 0.05) is 19.1 Å². The third kappa shape index (κ3) is 2.96. The first-order valence-electron chi connectivity index (χ1n) is 6.84. The second kappa shape index (κ2) is 5.99. The second-order valence-electron chi connectivity index (χ2n) is 5.23. The van der Waals surface area contributed by atoms with E-state index in [1.54, 1.807) is 0 Å². The molecule has 2 atom stereocenters. The molecule has 0 amide bonds. The quantitative estimate of drug-likeness (QED) is 0.768. The lowest BCUT2D eigenvalue weighted by atomic mass is 9.80. The highest BCUT2D eigenvalue weighted by Gasteiger charge is 2.30. The number of rotatable bonds is 5. The molecule has 3 nitrogen and oxygen atoms in total. The van der Waals surface area contributed by atoms with E-state index >= 15 is 0 Å². The minimum Gasteiger partial charge on any atom is -0.374 e. The smallest absolute Gasteiger partial charge is 0.0855 e. The highest BCUT2D eigenvalue weighted by atomic mass is 16.5. The van der Waals surface area contributed by atoms with Crippen molar-refractivity contribution in [3.8, 4) is 0 Å². The van der Waals surface area contributed by atoms with Crippen molar-refractivity contribution < 1.29 is 4.74 Å². The van der Waals surface area contributed by atoms with Gasteiger partial charge < -0.3 is 10.1 Å². The molecule has 0 radical (unpaired) electrons. The Morgan fingerprint density at radius 1 is 1.44 bits per heavy atom. The Bertz CT molecular complexity index is 204. The van der Waals surface area contributed by atoms with E-state index in [9.17, 15) is 0 Å². The fraction of sp³-hybridized carbons (Fsp3) is 1.00. The Morgan fingerprint density at radius 2 is 2.25 bits per heavy atom. The summed E-state index contributed by atoms with van der Waals surface area (Å²) in [6.07, 6.45) is 6.01. The van der Waals surface area contributed by atoms with Crippen LogP contribution in [-0.4, -0.2) is 50.3 Å². The Morgan fingerprint density at radius 3 is 2.81 bits per heavy atom. The van der Waals surface area contributed by atoms with Crippen molar-refractivity contribution in [2.75, 3.05) is 33.3 Å². The van der Waals surface area contributed by atoms with Crippen LogP contribution in [0.5, 0.6) is 0 Å². The zero-order valence-corrected chi connectivity index (χ0v) is 10.7. The van der Waals surface area contributed by atoms with Gasteiger partial charge in [-0.25, -0.2) is 0 Å². The molecule has 1 saturated carbocycles. The van der Waals surface area contributed by atoms with Crippen LogP contribution in [0.4, 0.5) is 0 Å². The van der Waals surface area contributed by atoms with Gasteiger partial charge in [-0.3, -0.25) is 4.90 Å². The van der Waals surface area contributed by atoms with E-state index in [0.717, 1.165) is 32.2 Å². The van der Waals surface area contributed by atoms with Crippen LogP contribution in [0.1, 0.15) is 32.6 Å². The molecule has 0 aromatic heterocycles. The van der Waals surface area contributed by atoms with Crippen molar-refractivity contribution in [1.82, 2.24) is 10.2 Å². The molecule has 0 aromatic rings. The fourth-order valence-corrected chi connectivity index (χ4v) is 2.81. The Balaban J connectivity index is 1.81. The molecule has 0 spiro atoms. The molecular weight excluding hydrogens is 200 g/mol. The summed E-state index contributed by atoms with van der Waals surface area (Å²) in [4.78, 5) is 2.50. The summed E-state index contributed by atoms with van der Waals surface area (Å²) in [5.41, 5.74) is 0. The number of hydrogen-bond acceptors (Lipinski definition) is 3. The van der Waals surface area contributed by atoms with Crippen LogP contribution in [-0.2, 0) is 4.74 Å². The van der Waals surface area contributed by atoms with Crippen molar-refractivity contribution in [3.05, 3.63) is 0 Å². The summed E-state index contributed by atoms with van der Waals surface area (Å²) in [6.45, 7) is 6.51. The molecular formula is C13H26N2O. The Kier molecular flexibility index (Phi) is 4.62. The van der Waals surface area contributed by atoms with Crippen LogP contribution in [0.15, 0.2) is 0 Å². The third-order valence-electron chi connectivity index (χ3n) is 4.26. The topological polar surface area (TPSA) is 24.5 Å². The second-order valence-corrected chi connectivity index (χ2v) is 5.23. The molecule has 1 aliphatic heterocycles. The van der Waals surface area contributed by atoms with E-state index in [4.69, 9.17) is 4.74 Å². The number of hydrogen-bond donors (Lipinski definition) is 1. The molecule has 3 heteroatoms. The summed E-state index contributed by atoms with van der Waals surface area (Å²) in [5.74, 6) is 0.957. The van der Waals surface area contributed by atoms with Crippen LogP contribution in [0.2, 0.25) is 0 Å². The first-order valence-corrected chi connectivity index (χ1v) is 6.84. The summed E-state index contributed by atoms with van der Waals surface area (Å²) in [7, 11) is 2.08. The van der Waals surface area contributed by atoms with Crippen molar-refractivity contribution in [1.29, 1.82) is 0 Å². The van der Waals surface area contributed by atoms with Gasteiger partial charge in [-0.15, -0.1) is 0 Å². The molecule has 0 bridgehead atoms. The average molecular weight is 226 g/mol. The van der Waals surface area contributed by atoms with Gasteiger partial charge in [0.1, 0.15) is 0 Å². The molecule has 0 aromatic carbocycles. The van der Waals surface area contributed by atoms with E-state index in [1.807, 2.05) is 0 Å². The molecule has 2 unspecified atom stereocenters. The predicted octanol–water partition coefficient (Wildman–Crippen LogP) is 1.49. The van der Waals surface area contributed by atoms with E-state index in [-0.39, 0.29) is 0 Å². The van der Waals surface area contributed by atoms with Crippen molar-refractivity contribution in [2.24, 2.45) is 5.92 Å². The molecule has 94 valence electrons. The zero-order chi connectivity index (χ0) is 11.4. The number of nitrogens with zero attached hydrogens (tertiary/aromatic N) is 1. The Labute approximate surface area is 99.5 Å². The first-order chi connectivity index (χ1) is 7.83. The van der Waals surface area contributed by atoms with Gasteiger partial charge in [-0.2, -0.15) is 0 Å². The van der Waals surface area contributed by atoms with E-state index < -0.39 is 0 Å². The minimum atomic E-state index is 0.402. The highest BCUT2D eigenvalue weighted by Crippen LogP contribution is 2.31. The number of morpholine rings is 1. The maximum Gasteiger partial charge on any atom is 0.0855 e. The average Bonchev–Trinajstić information content (AvgIpc) is 2.28. The molecule has 2 rings (SSSR count). The monoisotopic (exact) mass is 226 g/mol. The zero-order valence-electron chi connectivity index (χ0n) is 10.7. The number of likely N-dealkylation sites (N-methyl/N-ethyl adjacent to an activating group) is 2. The van der Waals surface area contributed by atoms with Gasteiger partial charge in [0.15, 0.2) is 0 Å². The van der Waals surface area contributed by atoms with Gasteiger partial charge in [-0.1, -0.05) is 26.2 Å². The lowest BCUT2D eigenvalue weighted by Gasteiger charge is -2.39. The molecule has 2 aliphatic rings. The van der Waals surface area contributed by atoms with Gasteiger partial charge >= 0.3 is 0 Å².